The summed E-state index contributed by atoms with van der Waals surface area (Å²) in [5.74, 6) is 0. The number of hydrogen-bond acceptors (Lipinski definition) is 12. The number of allylic oxidation sites excluding steroid dienone is 24. The molecule has 0 N–H and O–H groups in total. The van der Waals surface area contributed by atoms with Crippen molar-refractivity contribution >= 4 is 107 Å². The molecule has 0 atom stereocenters. The average Bonchev–Trinajstić information content (AvgIpc) is 3.19. The van der Waals surface area contributed by atoms with Crippen molar-refractivity contribution in [2.24, 2.45) is 0 Å². The van der Waals surface area contributed by atoms with Crippen LogP contribution in [0, 0.1) is 0 Å². The van der Waals surface area contributed by atoms with Crippen LogP contribution < -0.4 is 0 Å². The van der Waals surface area contributed by atoms with E-state index in [2.05, 4.69) is 0 Å². The summed E-state index contributed by atoms with van der Waals surface area (Å²) in [6, 6.07) is 0. The number of hydrogen-bond donors (Lipinski definition) is 0. The molecule has 21 heteroatoms. The zero-order valence-corrected chi connectivity index (χ0v) is 37.4. The SMILES string of the molecule is O=S(=O)=C1C=C(P(C2=CC(=S(=O)=O)CC=C2)C2=CC(=S(=O)=O)CC=C2)C=CC1.O=S(=O)=C1C=C(P(C2=CC(=S(=O)=O)CC=C2)C2=CC(=S(=O)=O)CC=C2)C=CC1.[Pd]. The molecule has 12 nitrogen and oxygen atoms in total. The van der Waals surface area contributed by atoms with E-state index in [1.54, 1.807) is 72.9 Å². The van der Waals surface area contributed by atoms with Gasteiger partial charge in [0.1, 0.15) is 0 Å². The van der Waals surface area contributed by atoms with E-state index in [-0.39, 0.29) is 88.1 Å². The summed E-state index contributed by atoms with van der Waals surface area (Å²) < 4.78 is 137. The van der Waals surface area contributed by atoms with Gasteiger partial charge in [-0.25, -0.2) is 0 Å². The molecule has 6 aliphatic carbocycles. The first-order valence-electron chi connectivity index (χ1n) is 16.3. The topological polar surface area (TPSA) is 205 Å². The molecule has 0 aromatic rings. The van der Waals surface area contributed by atoms with E-state index in [9.17, 15) is 50.5 Å². The van der Waals surface area contributed by atoms with Crippen LogP contribution in [0.15, 0.2) is 141 Å². The molecule has 0 radical (unpaired) electrons. The predicted octanol–water partition coefficient (Wildman–Crippen LogP) is 4.31. The molecule has 0 saturated carbocycles. The fraction of sp³-hybridized carbons (Fsp3) is 0.167. The third kappa shape index (κ3) is 12.3. The zero-order valence-electron chi connectivity index (χ0n) is 29.2. The van der Waals surface area contributed by atoms with Crippen molar-refractivity contribution in [1.82, 2.24) is 0 Å². The summed E-state index contributed by atoms with van der Waals surface area (Å²) in [6.45, 7) is 0. The standard InChI is InChI=1S/2C18H15O6PS3.Pd/c2*19-26(20)16-7-1-4-13(10-16)25(14-5-2-8-17(11-14)27(21)22)15-6-3-9-18(12-15)28(23)24;/h2*1-6,10-12H,7-9H2;. The molecule has 302 valence electrons. The van der Waals surface area contributed by atoms with Gasteiger partial charge in [0.05, 0.1) is 29.2 Å². The van der Waals surface area contributed by atoms with Crippen molar-refractivity contribution in [3.05, 3.63) is 141 Å². The van der Waals surface area contributed by atoms with Crippen LogP contribution >= 0.6 is 15.8 Å². The van der Waals surface area contributed by atoms with Crippen LogP contribution in [0.3, 0.4) is 0 Å². The molecule has 57 heavy (non-hydrogen) atoms. The summed E-state index contributed by atoms with van der Waals surface area (Å²) in [5, 5.41) is 4.27. The molecule has 6 aliphatic rings. The third-order valence-electron chi connectivity index (χ3n) is 8.33. The summed E-state index contributed by atoms with van der Waals surface area (Å²) in [6.07, 6.45) is 32.6. The largest absolute Gasteiger partial charge is 0.217 e. The first-order valence-corrected chi connectivity index (χ1v) is 25.5. The van der Waals surface area contributed by atoms with Crippen molar-refractivity contribution in [1.29, 1.82) is 0 Å². The fourth-order valence-electron chi connectivity index (χ4n) is 5.83. The van der Waals surface area contributed by atoms with Crippen LogP contribution in [-0.2, 0) is 82.2 Å². The normalized spacial score (nSPS) is 18.4. The van der Waals surface area contributed by atoms with Gasteiger partial charge in [-0.1, -0.05) is 72.9 Å². The summed E-state index contributed by atoms with van der Waals surface area (Å²) in [4.78, 5) is 1.41. The Morgan fingerprint density at radius 2 is 0.421 bits per heavy atom. The van der Waals surface area contributed by atoms with Crippen LogP contribution in [-0.4, -0.2) is 79.7 Å². The molecule has 0 saturated heterocycles. The Kier molecular flexibility index (Phi) is 17.5. The predicted molar refractivity (Wildman–Crippen MR) is 228 cm³/mol. The van der Waals surface area contributed by atoms with Gasteiger partial charge in [-0.3, -0.25) is 0 Å². The van der Waals surface area contributed by atoms with Crippen molar-refractivity contribution < 1.29 is 70.9 Å². The van der Waals surface area contributed by atoms with E-state index in [0.29, 0.717) is 31.9 Å². The van der Waals surface area contributed by atoms with Gasteiger partial charge in [0, 0.05) is 58.9 Å². The molecular weight excluding hydrogens is 985 g/mol. The molecule has 0 aromatic heterocycles. The Morgan fingerprint density at radius 1 is 0.281 bits per heavy atom. The summed E-state index contributed by atoms with van der Waals surface area (Å²) in [7, 11) is -16.8. The minimum absolute atomic E-state index is 0. The molecule has 0 aromatic carbocycles. The zero-order chi connectivity index (χ0) is 40.5. The molecule has 0 bridgehead atoms. The molecular formula is C36H30O12P2PdS6. The van der Waals surface area contributed by atoms with Crippen LogP contribution in [0.4, 0.5) is 0 Å². The molecule has 0 aliphatic heterocycles. The van der Waals surface area contributed by atoms with Gasteiger partial charge in [0.25, 0.3) is 0 Å². The Bertz CT molecular complexity index is 2490. The van der Waals surface area contributed by atoms with E-state index in [4.69, 9.17) is 0 Å². The molecule has 0 heterocycles. The van der Waals surface area contributed by atoms with E-state index in [1.165, 1.54) is 0 Å². The Morgan fingerprint density at radius 3 is 0.544 bits per heavy atom. The minimum atomic E-state index is -2.36. The average molecular weight is 1020 g/mol. The molecule has 0 amide bonds. The van der Waals surface area contributed by atoms with Crippen molar-refractivity contribution in [2.45, 2.75) is 38.5 Å². The molecule has 0 fully saturated rings. The maximum atomic E-state index is 11.4. The quantitative estimate of drug-likeness (QED) is 0.208. The van der Waals surface area contributed by atoms with E-state index in [0.717, 1.165) is 0 Å². The van der Waals surface area contributed by atoms with Crippen molar-refractivity contribution in [2.75, 3.05) is 0 Å². The maximum Gasteiger partial charge on any atom is 0.217 e. The Hall–Kier alpha value is -3.46. The van der Waals surface area contributed by atoms with Crippen LogP contribution in [0.5, 0.6) is 0 Å². The van der Waals surface area contributed by atoms with Crippen LogP contribution in [0.25, 0.3) is 0 Å². The van der Waals surface area contributed by atoms with Crippen LogP contribution in [0.1, 0.15) is 38.5 Å². The van der Waals surface area contributed by atoms with Crippen molar-refractivity contribution in [3.8, 4) is 0 Å². The van der Waals surface area contributed by atoms with Crippen molar-refractivity contribution in [3.63, 3.8) is 0 Å². The van der Waals surface area contributed by atoms with Gasteiger partial charge >= 0.3 is 0 Å². The van der Waals surface area contributed by atoms with Crippen LogP contribution in [0.2, 0.25) is 0 Å². The second-order valence-electron chi connectivity index (χ2n) is 11.9. The van der Waals surface area contributed by atoms with Gasteiger partial charge < -0.3 is 0 Å². The Balaban J connectivity index is 0.000000248. The summed E-state index contributed by atoms with van der Waals surface area (Å²) >= 11 is 0. The number of rotatable bonds is 6. The monoisotopic (exact) mass is 1010 g/mol. The smallest absolute Gasteiger partial charge is 0.184 e. The second kappa shape index (κ2) is 21.5. The van der Waals surface area contributed by atoms with Gasteiger partial charge in [-0.2, -0.15) is 50.5 Å². The van der Waals surface area contributed by atoms with Gasteiger partial charge in [-0.15, -0.1) is 0 Å². The fourth-order valence-corrected chi connectivity index (χ4v) is 14.1. The molecule has 0 unspecified atom stereocenters. The van der Waals surface area contributed by atoms with E-state index in [1.807, 2.05) is 36.5 Å². The second-order valence-corrected chi connectivity index (χ2v) is 22.3. The van der Waals surface area contributed by atoms with E-state index >= 15 is 0 Å². The minimum Gasteiger partial charge on any atom is -0.184 e. The Labute approximate surface area is 354 Å². The van der Waals surface area contributed by atoms with E-state index < -0.39 is 77.6 Å². The summed E-state index contributed by atoms with van der Waals surface area (Å²) in [5.41, 5.74) is 0. The maximum absolute atomic E-state index is 11.4. The molecule has 0 spiro atoms. The van der Waals surface area contributed by atoms with Gasteiger partial charge in [0.15, 0.2) is 0 Å². The first kappa shape index (κ1) is 46.2. The van der Waals surface area contributed by atoms with Gasteiger partial charge in [0.2, 0.25) is 61.8 Å². The molecule has 6 rings (SSSR count). The first-order chi connectivity index (χ1) is 26.7. The third-order valence-corrected chi connectivity index (χ3v) is 17.4. The van der Waals surface area contributed by atoms with Gasteiger partial charge in [-0.05, 0) is 84.2 Å².